The lowest BCUT2D eigenvalue weighted by atomic mass is 10.2. The summed E-state index contributed by atoms with van der Waals surface area (Å²) in [6, 6.07) is 14.2. The fraction of sp³-hybridized carbons (Fsp3) is 0.423. The normalized spacial score (nSPS) is 15.6. The van der Waals surface area contributed by atoms with Crippen molar-refractivity contribution in [2.24, 2.45) is 0 Å². The van der Waals surface area contributed by atoms with Crippen LogP contribution in [0, 0.1) is 0 Å². The summed E-state index contributed by atoms with van der Waals surface area (Å²) < 4.78 is 39.7. The summed E-state index contributed by atoms with van der Waals surface area (Å²) in [6.45, 7) is 6.53. The highest BCUT2D eigenvalue weighted by atomic mass is 35.5. The van der Waals surface area contributed by atoms with Crippen LogP contribution in [-0.4, -0.2) is 82.7 Å². The molecular weight excluding hydrogens is 500 g/mol. The van der Waals surface area contributed by atoms with Gasteiger partial charge >= 0.3 is 0 Å². The van der Waals surface area contributed by atoms with Crippen molar-refractivity contribution in [2.45, 2.75) is 17.7 Å². The van der Waals surface area contributed by atoms with Gasteiger partial charge in [-0.05, 0) is 74.5 Å². The van der Waals surface area contributed by atoms with Crippen LogP contribution in [0.5, 0.6) is 11.5 Å². The molecular formula is C26H33ClN4O4S. The zero-order valence-electron chi connectivity index (χ0n) is 20.5. The van der Waals surface area contributed by atoms with Gasteiger partial charge in [-0.2, -0.15) is 0 Å². The van der Waals surface area contributed by atoms with Crippen LogP contribution >= 0.6 is 11.6 Å². The van der Waals surface area contributed by atoms with Crippen molar-refractivity contribution in [1.82, 2.24) is 19.5 Å². The van der Waals surface area contributed by atoms with Gasteiger partial charge in [0, 0.05) is 44.3 Å². The topological polar surface area (TPSA) is 84.0 Å². The predicted octanol–water partition coefficient (Wildman–Crippen LogP) is 3.65. The lowest BCUT2D eigenvalue weighted by molar-refractivity contribution is 0.232. The van der Waals surface area contributed by atoms with E-state index in [-0.39, 0.29) is 4.90 Å². The van der Waals surface area contributed by atoms with Crippen LogP contribution in [-0.2, 0) is 10.0 Å². The highest BCUT2D eigenvalue weighted by molar-refractivity contribution is 7.89. The number of pyridine rings is 1. The number of ether oxygens (including phenoxy) is 2. The van der Waals surface area contributed by atoms with E-state index in [0.717, 1.165) is 57.1 Å². The molecule has 36 heavy (non-hydrogen) atoms. The molecule has 0 saturated carbocycles. The van der Waals surface area contributed by atoms with Gasteiger partial charge in [0.15, 0.2) is 0 Å². The van der Waals surface area contributed by atoms with Gasteiger partial charge in [0.2, 0.25) is 10.0 Å². The van der Waals surface area contributed by atoms with Gasteiger partial charge in [-0.15, -0.1) is 0 Å². The van der Waals surface area contributed by atoms with Gasteiger partial charge in [0.1, 0.15) is 11.5 Å². The maximum absolute atomic E-state index is 13.0. The molecule has 1 aliphatic rings. The quantitative estimate of drug-likeness (QED) is 0.377. The highest BCUT2D eigenvalue weighted by Crippen LogP contribution is 2.27. The van der Waals surface area contributed by atoms with Crippen molar-refractivity contribution in [3.05, 3.63) is 59.8 Å². The van der Waals surface area contributed by atoms with Crippen molar-refractivity contribution in [3.8, 4) is 11.5 Å². The Balaban J connectivity index is 1.19. The van der Waals surface area contributed by atoms with E-state index in [2.05, 4.69) is 19.5 Å². The van der Waals surface area contributed by atoms with Crippen molar-refractivity contribution in [1.29, 1.82) is 0 Å². The van der Waals surface area contributed by atoms with E-state index in [1.54, 1.807) is 31.5 Å². The fourth-order valence-corrected chi connectivity index (χ4v) is 5.81. The molecule has 0 atom stereocenters. The molecule has 0 spiro atoms. The van der Waals surface area contributed by atoms with Gasteiger partial charge in [0.05, 0.1) is 29.2 Å². The van der Waals surface area contributed by atoms with Crippen LogP contribution in [0.15, 0.2) is 59.6 Å². The lowest BCUT2D eigenvalue weighted by Crippen LogP contribution is -2.37. The number of hydrogen-bond donors (Lipinski definition) is 1. The first-order valence-corrected chi connectivity index (χ1v) is 14.1. The summed E-state index contributed by atoms with van der Waals surface area (Å²) in [7, 11) is -2.02. The minimum Gasteiger partial charge on any atom is -0.497 e. The van der Waals surface area contributed by atoms with Crippen LogP contribution in [0.25, 0.3) is 10.9 Å². The minimum atomic E-state index is -3.67. The number of nitrogens with one attached hydrogen (secondary N) is 1. The molecule has 2 heterocycles. The highest BCUT2D eigenvalue weighted by Gasteiger charge is 2.20. The molecule has 0 unspecified atom stereocenters. The summed E-state index contributed by atoms with van der Waals surface area (Å²) in [5.74, 6) is 1.67. The second-order valence-corrected chi connectivity index (χ2v) is 10.9. The van der Waals surface area contributed by atoms with E-state index in [4.69, 9.17) is 21.1 Å². The van der Waals surface area contributed by atoms with Crippen molar-refractivity contribution >= 4 is 32.5 Å². The zero-order valence-corrected chi connectivity index (χ0v) is 22.1. The van der Waals surface area contributed by atoms with Gasteiger partial charge in [0.25, 0.3) is 0 Å². The average molecular weight is 533 g/mol. The second kappa shape index (κ2) is 12.7. The van der Waals surface area contributed by atoms with Gasteiger partial charge in [-0.25, -0.2) is 13.1 Å². The van der Waals surface area contributed by atoms with Crippen LogP contribution in [0.2, 0.25) is 5.02 Å². The number of halogens is 1. The fourth-order valence-electron chi connectivity index (χ4n) is 4.38. The average Bonchev–Trinajstić information content (AvgIpc) is 3.12. The Hall–Kier alpha value is -2.43. The van der Waals surface area contributed by atoms with E-state index in [1.807, 2.05) is 24.3 Å². The summed E-state index contributed by atoms with van der Waals surface area (Å²) in [5.41, 5.74) is 0.490. The van der Waals surface area contributed by atoms with E-state index in [9.17, 15) is 8.42 Å². The molecule has 1 aromatic heterocycles. The number of hydrogen-bond acceptors (Lipinski definition) is 7. The number of benzene rings is 2. The standard InChI is InChI=1S/C26H33ClN4O4S/c1-34-21-6-8-22(9-7-21)35-20-4-16-30-14-3-15-31(19-18-30)17-13-29-36(32,33)25-11-10-24(27)26-23(25)5-2-12-28-26/h2,5-12,29H,3-4,13-20H2,1H3. The third-order valence-electron chi connectivity index (χ3n) is 6.32. The van der Waals surface area contributed by atoms with Gasteiger partial charge in [-0.3, -0.25) is 4.98 Å². The third kappa shape index (κ3) is 7.08. The molecule has 194 valence electrons. The Labute approximate surface area is 218 Å². The van der Waals surface area contributed by atoms with Crippen molar-refractivity contribution < 1.29 is 17.9 Å². The lowest BCUT2D eigenvalue weighted by Gasteiger charge is -2.22. The molecule has 3 aromatic rings. The molecule has 4 rings (SSSR count). The van der Waals surface area contributed by atoms with Crippen LogP contribution in [0.3, 0.4) is 0 Å². The Kier molecular flexibility index (Phi) is 9.39. The zero-order chi connectivity index (χ0) is 25.4. The SMILES string of the molecule is COc1ccc(OCCCN2CCCN(CCNS(=O)(=O)c3ccc(Cl)c4ncccc34)CC2)cc1. The smallest absolute Gasteiger partial charge is 0.241 e. The molecule has 2 aromatic carbocycles. The molecule has 1 saturated heterocycles. The van der Waals surface area contributed by atoms with E-state index in [1.165, 1.54) is 6.07 Å². The van der Waals surface area contributed by atoms with Crippen LogP contribution in [0.1, 0.15) is 12.8 Å². The molecule has 10 heteroatoms. The largest absolute Gasteiger partial charge is 0.497 e. The first-order valence-electron chi connectivity index (χ1n) is 12.2. The molecule has 0 amide bonds. The van der Waals surface area contributed by atoms with E-state index >= 15 is 0 Å². The van der Waals surface area contributed by atoms with Crippen LogP contribution < -0.4 is 14.2 Å². The summed E-state index contributed by atoms with van der Waals surface area (Å²) in [5, 5.41) is 0.963. The summed E-state index contributed by atoms with van der Waals surface area (Å²) in [6.07, 6.45) is 3.62. The number of fused-ring (bicyclic) bond motifs is 1. The molecule has 1 N–H and O–H groups in total. The second-order valence-electron chi connectivity index (χ2n) is 8.76. The molecule has 0 bridgehead atoms. The number of sulfonamides is 1. The number of methoxy groups -OCH3 is 1. The first-order chi connectivity index (χ1) is 17.5. The third-order valence-corrected chi connectivity index (χ3v) is 8.14. The van der Waals surface area contributed by atoms with Gasteiger partial charge in [-0.1, -0.05) is 11.6 Å². The summed E-state index contributed by atoms with van der Waals surface area (Å²) >= 11 is 6.19. The number of aromatic nitrogens is 1. The molecule has 1 aliphatic heterocycles. The summed E-state index contributed by atoms with van der Waals surface area (Å²) in [4.78, 5) is 9.20. The van der Waals surface area contributed by atoms with Crippen LogP contribution in [0.4, 0.5) is 0 Å². The Morgan fingerprint density at radius 1 is 0.972 bits per heavy atom. The Bertz CT molecular complexity index is 1240. The molecule has 0 aliphatic carbocycles. The van der Waals surface area contributed by atoms with Crippen molar-refractivity contribution in [3.63, 3.8) is 0 Å². The molecule has 0 radical (unpaired) electrons. The monoisotopic (exact) mass is 532 g/mol. The first kappa shape index (κ1) is 26.6. The Morgan fingerprint density at radius 2 is 1.69 bits per heavy atom. The maximum atomic E-state index is 13.0. The van der Waals surface area contributed by atoms with E-state index < -0.39 is 10.0 Å². The maximum Gasteiger partial charge on any atom is 0.241 e. The van der Waals surface area contributed by atoms with Crippen molar-refractivity contribution in [2.75, 3.05) is 59.5 Å². The molecule has 1 fully saturated rings. The van der Waals surface area contributed by atoms with E-state index in [0.29, 0.717) is 35.6 Å². The Morgan fingerprint density at radius 3 is 2.44 bits per heavy atom. The van der Waals surface area contributed by atoms with Gasteiger partial charge < -0.3 is 19.3 Å². The number of rotatable bonds is 11. The minimum absolute atomic E-state index is 0.203. The molecule has 8 nitrogen and oxygen atoms in total. The predicted molar refractivity (Wildman–Crippen MR) is 143 cm³/mol. The number of nitrogens with zero attached hydrogens (tertiary/aromatic N) is 3.